The summed E-state index contributed by atoms with van der Waals surface area (Å²) in [6, 6.07) is 0. The quantitative estimate of drug-likeness (QED) is 0.846. The van der Waals surface area contributed by atoms with Crippen molar-refractivity contribution >= 4 is 5.82 Å². The van der Waals surface area contributed by atoms with Crippen LogP contribution in [0.3, 0.4) is 0 Å². The van der Waals surface area contributed by atoms with E-state index in [1.807, 2.05) is 20.8 Å². The molecule has 1 fully saturated rings. The maximum atomic E-state index is 5.87. The minimum Gasteiger partial charge on any atom is -0.383 e. The molecule has 16 heavy (non-hydrogen) atoms. The van der Waals surface area contributed by atoms with Crippen LogP contribution < -0.4 is 5.73 Å². The predicted octanol–water partition coefficient (Wildman–Crippen LogP) is 2.16. The van der Waals surface area contributed by atoms with Gasteiger partial charge in [0, 0.05) is 17.9 Å². The van der Waals surface area contributed by atoms with E-state index in [0.29, 0.717) is 18.3 Å². The lowest BCUT2D eigenvalue weighted by Gasteiger charge is -2.16. The second-order valence-electron chi connectivity index (χ2n) is 4.39. The minimum absolute atomic E-state index is 0.0339. The Kier molecular flexibility index (Phi) is 3.10. The molecule has 2 rings (SSSR count). The zero-order valence-corrected chi connectivity index (χ0v) is 10.2. The van der Waals surface area contributed by atoms with Gasteiger partial charge in [-0.1, -0.05) is 0 Å². The van der Waals surface area contributed by atoms with Gasteiger partial charge in [-0.2, -0.15) is 0 Å². The molecule has 0 aromatic carbocycles. The van der Waals surface area contributed by atoms with Gasteiger partial charge >= 0.3 is 0 Å². The molecule has 1 atom stereocenters. The van der Waals surface area contributed by atoms with Crippen LogP contribution >= 0.6 is 0 Å². The molecule has 0 bridgehead atoms. The first-order valence-electron chi connectivity index (χ1n) is 5.85. The minimum atomic E-state index is 0.0339. The molecule has 0 radical (unpaired) electrons. The molecule has 1 aromatic rings. The third kappa shape index (κ3) is 2.16. The van der Waals surface area contributed by atoms with Gasteiger partial charge in [-0.25, -0.2) is 9.97 Å². The predicted molar refractivity (Wildman–Crippen MR) is 63.0 cm³/mol. The van der Waals surface area contributed by atoms with Gasteiger partial charge in [0.1, 0.15) is 11.9 Å². The van der Waals surface area contributed by atoms with Crippen LogP contribution in [0, 0.1) is 19.8 Å². The molecule has 1 saturated carbocycles. The molecule has 0 saturated heterocycles. The van der Waals surface area contributed by atoms with Crippen molar-refractivity contribution < 1.29 is 4.74 Å². The average molecular weight is 221 g/mol. The number of aryl methyl sites for hydroxylation is 1. The molecule has 4 nitrogen and oxygen atoms in total. The standard InChI is InChI=1S/C12H19N3O/c1-4-16-10(9-5-6-9)12-14-8(3)7(2)11(13)15-12/h9-10H,4-6H2,1-3H3,(H2,13,14,15). The Labute approximate surface area is 96.2 Å². The molecule has 1 heterocycles. The molecule has 1 aliphatic carbocycles. The van der Waals surface area contributed by atoms with E-state index in [2.05, 4.69) is 9.97 Å². The molecule has 1 aromatic heterocycles. The molecule has 4 heteroatoms. The Morgan fingerprint density at radius 2 is 2.06 bits per heavy atom. The fraction of sp³-hybridized carbons (Fsp3) is 0.667. The van der Waals surface area contributed by atoms with Crippen molar-refractivity contribution in [3.05, 3.63) is 17.1 Å². The van der Waals surface area contributed by atoms with Crippen LogP contribution in [0.15, 0.2) is 0 Å². The molecule has 88 valence electrons. The second kappa shape index (κ2) is 4.37. The van der Waals surface area contributed by atoms with Crippen LogP contribution in [-0.4, -0.2) is 16.6 Å². The first kappa shape index (κ1) is 11.3. The molecular formula is C12H19N3O. The van der Waals surface area contributed by atoms with E-state index in [1.165, 1.54) is 12.8 Å². The fourth-order valence-electron chi connectivity index (χ4n) is 1.80. The van der Waals surface area contributed by atoms with Crippen LogP contribution in [0.1, 0.15) is 43.0 Å². The number of rotatable bonds is 4. The summed E-state index contributed by atoms with van der Waals surface area (Å²) in [4.78, 5) is 8.85. The number of nitrogens with two attached hydrogens (primary N) is 1. The highest BCUT2D eigenvalue weighted by Crippen LogP contribution is 2.42. The fourth-order valence-corrected chi connectivity index (χ4v) is 1.80. The molecule has 1 aliphatic rings. The van der Waals surface area contributed by atoms with Crippen LogP contribution in [0.5, 0.6) is 0 Å². The smallest absolute Gasteiger partial charge is 0.160 e. The third-order valence-electron chi connectivity index (χ3n) is 3.10. The van der Waals surface area contributed by atoms with Crippen LogP contribution in [-0.2, 0) is 4.74 Å². The lowest BCUT2D eigenvalue weighted by molar-refractivity contribution is 0.0400. The number of hydrogen-bond donors (Lipinski definition) is 1. The van der Waals surface area contributed by atoms with E-state index in [4.69, 9.17) is 10.5 Å². The SMILES string of the molecule is CCOC(c1nc(C)c(C)c(N)n1)C1CC1. The largest absolute Gasteiger partial charge is 0.383 e. The van der Waals surface area contributed by atoms with E-state index < -0.39 is 0 Å². The molecule has 0 spiro atoms. The second-order valence-corrected chi connectivity index (χ2v) is 4.39. The number of ether oxygens (including phenoxy) is 1. The van der Waals surface area contributed by atoms with E-state index in [9.17, 15) is 0 Å². The number of anilines is 1. The summed E-state index contributed by atoms with van der Waals surface area (Å²) >= 11 is 0. The zero-order chi connectivity index (χ0) is 11.7. The van der Waals surface area contributed by atoms with E-state index in [0.717, 1.165) is 17.1 Å². The van der Waals surface area contributed by atoms with Crippen molar-refractivity contribution in [1.82, 2.24) is 9.97 Å². The molecule has 0 amide bonds. The lowest BCUT2D eigenvalue weighted by Crippen LogP contribution is -2.14. The Morgan fingerprint density at radius 1 is 1.38 bits per heavy atom. The van der Waals surface area contributed by atoms with Crippen molar-refractivity contribution in [2.24, 2.45) is 5.92 Å². The number of nitrogens with zero attached hydrogens (tertiary/aromatic N) is 2. The third-order valence-corrected chi connectivity index (χ3v) is 3.10. The van der Waals surface area contributed by atoms with Crippen molar-refractivity contribution in [1.29, 1.82) is 0 Å². The summed E-state index contributed by atoms with van der Waals surface area (Å²) in [6.07, 6.45) is 2.45. The van der Waals surface area contributed by atoms with Gasteiger partial charge < -0.3 is 10.5 Å². The summed E-state index contributed by atoms with van der Waals surface area (Å²) in [6.45, 7) is 6.60. The zero-order valence-electron chi connectivity index (χ0n) is 10.2. The van der Waals surface area contributed by atoms with Gasteiger partial charge in [0.05, 0.1) is 0 Å². The Bertz CT molecular complexity index is 365. The van der Waals surface area contributed by atoms with Gasteiger partial charge in [0.15, 0.2) is 5.82 Å². The van der Waals surface area contributed by atoms with Crippen LogP contribution in [0.4, 0.5) is 5.82 Å². The van der Waals surface area contributed by atoms with E-state index in [1.54, 1.807) is 0 Å². The monoisotopic (exact) mass is 221 g/mol. The first-order valence-corrected chi connectivity index (χ1v) is 5.85. The van der Waals surface area contributed by atoms with Crippen molar-refractivity contribution in [3.63, 3.8) is 0 Å². The molecule has 1 unspecified atom stereocenters. The molecule has 2 N–H and O–H groups in total. The summed E-state index contributed by atoms with van der Waals surface area (Å²) in [5, 5.41) is 0. The molecule has 0 aliphatic heterocycles. The molecular weight excluding hydrogens is 202 g/mol. The van der Waals surface area contributed by atoms with Crippen molar-refractivity contribution in [2.45, 2.75) is 39.7 Å². The van der Waals surface area contributed by atoms with Gasteiger partial charge in [0.2, 0.25) is 0 Å². The lowest BCUT2D eigenvalue weighted by atomic mass is 10.2. The highest BCUT2D eigenvalue weighted by Gasteiger charge is 2.35. The first-order chi connectivity index (χ1) is 7.63. The summed E-state index contributed by atoms with van der Waals surface area (Å²) in [5.41, 5.74) is 7.79. The Morgan fingerprint density at radius 3 is 2.56 bits per heavy atom. The van der Waals surface area contributed by atoms with E-state index >= 15 is 0 Å². The maximum absolute atomic E-state index is 5.87. The summed E-state index contributed by atoms with van der Waals surface area (Å²) in [5.74, 6) is 1.92. The number of aromatic nitrogens is 2. The summed E-state index contributed by atoms with van der Waals surface area (Å²) in [7, 11) is 0. The topological polar surface area (TPSA) is 61.0 Å². The van der Waals surface area contributed by atoms with Crippen LogP contribution in [0.25, 0.3) is 0 Å². The Balaban J connectivity index is 2.30. The highest BCUT2D eigenvalue weighted by molar-refractivity contribution is 5.40. The van der Waals surface area contributed by atoms with Gasteiger partial charge in [-0.3, -0.25) is 0 Å². The normalized spacial score (nSPS) is 17.4. The average Bonchev–Trinajstić information content (AvgIpc) is 3.05. The van der Waals surface area contributed by atoms with Gasteiger partial charge in [-0.15, -0.1) is 0 Å². The Hall–Kier alpha value is -1.16. The summed E-state index contributed by atoms with van der Waals surface area (Å²) < 4.78 is 5.72. The van der Waals surface area contributed by atoms with Gasteiger partial charge in [0.25, 0.3) is 0 Å². The maximum Gasteiger partial charge on any atom is 0.160 e. The number of hydrogen-bond acceptors (Lipinski definition) is 4. The highest BCUT2D eigenvalue weighted by atomic mass is 16.5. The van der Waals surface area contributed by atoms with Crippen molar-refractivity contribution in [2.75, 3.05) is 12.3 Å². The van der Waals surface area contributed by atoms with Crippen molar-refractivity contribution in [3.8, 4) is 0 Å². The van der Waals surface area contributed by atoms with E-state index in [-0.39, 0.29) is 6.10 Å². The van der Waals surface area contributed by atoms with Crippen LogP contribution in [0.2, 0.25) is 0 Å². The van der Waals surface area contributed by atoms with Gasteiger partial charge in [-0.05, 0) is 39.5 Å². The number of nitrogen functional groups attached to an aromatic ring is 1.